The summed E-state index contributed by atoms with van der Waals surface area (Å²) < 4.78 is 5.23. The van der Waals surface area contributed by atoms with E-state index in [9.17, 15) is 14.4 Å². The summed E-state index contributed by atoms with van der Waals surface area (Å²) in [7, 11) is 1.64. The van der Waals surface area contributed by atoms with Crippen molar-refractivity contribution in [3.63, 3.8) is 0 Å². The van der Waals surface area contributed by atoms with Gasteiger partial charge in [0.05, 0.1) is 12.5 Å². The molecule has 0 aromatic heterocycles. The predicted molar refractivity (Wildman–Crippen MR) is 96.7 cm³/mol. The third kappa shape index (κ3) is 4.56. The average Bonchev–Trinajstić information content (AvgIpc) is 2.88. The molecule has 1 fully saturated rings. The van der Waals surface area contributed by atoms with Crippen LogP contribution in [0.2, 0.25) is 0 Å². The van der Waals surface area contributed by atoms with Gasteiger partial charge in [0.25, 0.3) is 0 Å². The van der Waals surface area contributed by atoms with Gasteiger partial charge in [0.1, 0.15) is 23.1 Å². The fraction of sp³-hybridized carbons (Fsp3) is 0.571. The molecular formula is C21H28O4. The van der Waals surface area contributed by atoms with E-state index in [1.807, 2.05) is 31.2 Å². The molecule has 136 valence electrons. The molecule has 25 heavy (non-hydrogen) atoms. The Bertz CT molecular complexity index is 631. The molecule has 1 aromatic rings. The van der Waals surface area contributed by atoms with E-state index < -0.39 is 5.41 Å². The zero-order chi connectivity index (χ0) is 18.4. The van der Waals surface area contributed by atoms with E-state index in [0.29, 0.717) is 38.5 Å². The van der Waals surface area contributed by atoms with E-state index in [1.54, 1.807) is 7.11 Å². The van der Waals surface area contributed by atoms with E-state index >= 15 is 0 Å². The van der Waals surface area contributed by atoms with Crippen LogP contribution in [-0.4, -0.2) is 24.5 Å². The summed E-state index contributed by atoms with van der Waals surface area (Å²) in [6, 6.07) is 7.87. The van der Waals surface area contributed by atoms with Gasteiger partial charge in [-0.25, -0.2) is 0 Å². The monoisotopic (exact) mass is 344 g/mol. The van der Waals surface area contributed by atoms with Crippen LogP contribution in [0.1, 0.15) is 57.9 Å². The molecule has 0 heterocycles. The third-order valence-electron chi connectivity index (χ3n) is 5.38. The lowest BCUT2D eigenvalue weighted by Crippen LogP contribution is -2.33. The fourth-order valence-corrected chi connectivity index (χ4v) is 3.83. The first-order valence-corrected chi connectivity index (χ1v) is 9.12. The Morgan fingerprint density at radius 2 is 1.92 bits per heavy atom. The minimum atomic E-state index is -0.883. The molecule has 1 saturated carbocycles. The molecule has 0 radical (unpaired) electrons. The lowest BCUT2D eigenvalue weighted by Gasteiger charge is -2.23. The van der Waals surface area contributed by atoms with Crippen molar-refractivity contribution in [1.29, 1.82) is 0 Å². The van der Waals surface area contributed by atoms with E-state index in [1.165, 1.54) is 0 Å². The number of Topliss-reactive ketones (excluding diaryl/α,β-unsaturated/α-hetero) is 3. The number of carbonyl (C=O) groups excluding carboxylic acids is 3. The van der Waals surface area contributed by atoms with Gasteiger partial charge >= 0.3 is 0 Å². The fourth-order valence-electron chi connectivity index (χ4n) is 3.83. The van der Waals surface area contributed by atoms with Crippen LogP contribution in [0.4, 0.5) is 0 Å². The molecule has 1 aliphatic rings. The van der Waals surface area contributed by atoms with E-state index in [2.05, 4.69) is 6.92 Å². The third-order valence-corrected chi connectivity index (χ3v) is 5.38. The van der Waals surface area contributed by atoms with Gasteiger partial charge in [0.2, 0.25) is 0 Å². The number of benzene rings is 1. The number of ketones is 3. The van der Waals surface area contributed by atoms with Gasteiger partial charge in [0.15, 0.2) is 0 Å². The van der Waals surface area contributed by atoms with Gasteiger partial charge in [-0.15, -0.1) is 0 Å². The van der Waals surface area contributed by atoms with Gasteiger partial charge in [-0.05, 0) is 42.9 Å². The van der Waals surface area contributed by atoms with Crippen molar-refractivity contribution in [2.75, 3.05) is 7.11 Å². The van der Waals surface area contributed by atoms with Crippen LogP contribution in [0, 0.1) is 11.3 Å². The maximum absolute atomic E-state index is 12.3. The van der Waals surface area contributed by atoms with E-state index in [4.69, 9.17) is 4.74 Å². The summed E-state index contributed by atoms with van der Waals surface area (Å²) in [6.45, 7) is 3.93. The van der Waals surface area contributed by atoms with Crippen molar-refractivity contribution in [2.24, 2.45) is 11.3 Å². The molecule has 0 N–H and O–H groups in total. The van der Waals surface area contributed by atoms with Crippen LogP contribution in [0.5, 0.6) is 5.75 Å². The number of hydrogen-bond donors (Lipinski definition) is 0. The Morgan fingerprint density at radius 3 is 2.52 bits per heavy atom. The lowest BCUT2D eigenvalue weighted by molar-refractivity contribution is -0.136. The topological polar surface area (TPSA) is 60.4 Å². The van der Waals surface area contributed by atoms with Crippen LogP contribution >= 0.6 is 0 Å². The van der Waals surface area contributed by atoms with Gasteiger partial charge in [-0.1, -0.05) is 26.0 Å². The average molecular weight is 344 g/mol. The predicted octanol–water partition coefficient (Wildman–Crippen LogP) is 3.94. The number of ether oxygens (including phenoxy) is 1. The molecule has 0 spiro atoms. The zero-order valence-electron chi connectivity index (χ0n) is 15.5. The standard InChI is InChI=1S/C21H28O4/c1-4-21(19(23)8-9-20(21)24)11-10-17(22)13-15(2)12-16-6-5-7-18(14-16)25-3/h5-7,14-15H,4,8-13H2,1-3H3. The van der Waals surface area contributed by atoms with Crippen molar-refractivity contribution in [3.8, 4) is 5.75 Å². The minimum absolute atomic E-state index is 0.0252. The SMILES string of the molecule is CCC1(CCC(=O)CC(C)Cc2cccc(OC)c2)C(=O)CCC1=O. The number of rotatable bonds is 9. The summed E-state index contributed by atoms with van der Waals surface area (Å²) in [5, 5.41) is 0. The highest BCUT2D eigenvalue weighted by molar-refractivity contribution is 6.13. The number of hydrogen-bond acceptors (Lipinski definition) is 4. The summed E-state index contributed by atoms with van der Waals surface area (Å²) in [5.41, 5.74) is 0.261. The van der Waals surface area contributed by atoms with Crippen LogP contribution in [0.3, 0.4) is 0 Å². The highest BCUT2D eigenvalue weighted by Crippen LogP contribution is 2.39. The Morgan fingerprint density at radius 1 is 1.24 bits per heavy atom. The smallest absolute Gasteiger partial charge is 0.146 e. The Balaban J connectivity index is 1.87. The van der Waals surface area contributed by atoms with Gasteiger partial charge in [-0.3, -0.25) is 14.4 Å². The first-order chi connectivity index (χ1) is 11.9. The first kappa shape index (κ1) is 19.4. The van der Waals surface area contributed by atoms with E-state index in [-0.39, 0.29) is 23.3 Å². The Labute approximate surface area is 149 Å². The highest BCUT2D eigenvalue weighted by Gasteiger charge is 2.47. The molecular weight excluding hydrogens is 316 g/mol. The summed E-state index contributed by atoms with van der Waals surface area (Å²) >= 11 is 0. The molecule has 2 rings (SSSR count). The Hall–Kier alpha value is -1.97. The van der Waals surface area contributed by atoms with Gasteiger partial charge in [-0.2, -0.15) is 0 Å². The second-order valence-corrected chi connectivity index (χ2v) is 7.19. The Kier molecular flexibility index (Phi) is 6.51. The van der Waals surface area contributed by atoms with Gasteiger partial charge in [0, 0.05) is 25.7 Å². The van der Waals surface area contributed by atoms with Crippen LogP contribution in [-0.2, 0) is 20.8 Å². The molecule has 1 aromatic carbocycles. The number of carbonyl (C=O) groups is 3. The second-order valence-electron chi connectivity index (χ2n) is 7.19. The zero-order valence-corrected chi connectivity index (χ0v) is 15.5. The highest BCUT2D eigenvalue weighted by atomic mass is 16.5. The van der Waals surface area contributed by atoms with E-state index in [0.717, 1.165) is 17.7 Å². The van der Waals surface area contributed by atoms with Crippen LogP contribution < -0.4 is 4.74 Å². The number of methoxy groups -OCH3 is 1. The lowest BCUT2D eigenvalue weighted by atomic mass is 9.76. The summed E-state index contributed by atoms with van der Waals surface area (Å²) in [4.78, 5) is 36.6. The van der Waals surface area contributed by atoms with Crippen LogP contribution in [0.15, 0.2) is 24.3 Å². The summed E-state index contributed by atoms with van der Waals surface area (Å²) in [6.07, 6.45) is 3.16. The van der Waals surface area contributed by atoms with Crippen molar-refractivity contribution < 1.29 is 19.1 Å². The minimum Gasteiger partial charge on any atom is -0.497 e. The molecule has 0 amide bonds. The normalized spacial score (nSPS) is 17.6. The molecule has 4 heteroatoms. The molecule has 4 nitrogen and oxygen atoms in total. The molecule has 1 aliphatic carbocycles. The quantitative estimate of drug-likeness (QED) is 0.637. The maximum atomic E-state index is 12.3. The molecule has 0 saturated heterocycles. The van der Waals surface area contributed by atoms with Crippen molar-refractivity contribution in [3.05, 3.63) is 29.8 Å². The van der Waals surface area contributed by atoms with Crippen LogP contribution in [0.25, 0.3) is 0 Å². The second kappa shape index (κ2) is 8.41. The first-order valence-electron chi connectivity index (χ1n) is 9.12. The molecule has 0 aliphatic heterocycles. The van der Waals surface area contributed by atoms with Crippen molar-refractivity contribution in [2.45, 2.75) is 58.8 Å². The van der Waals surface area contributed by atoms with Crippen molar-refractivity contribution in [1.82, 2.24) is 0 Å². The van der Waals surface area contributed by atoms with Gasteiger partial charge < -0.3 is 4.74 Å². The summed E-state index contributed by atoms with van der Waals surface area (Å²) in [5.74, 6) is 1.22. The maximum Gasteiger partial charge on any atom is 0.146 e. The molecule has 1 unspecified atom stereocenters. The molecule has 0 bridgehead atoms. The molecule has 1 atom stereocenters. The largest absolute Gasteiger partial charge is 0.497 e. The van der Waals surface area contributed by atoms with Crippen molar-refractivity contribution >= 4 is 17.3 Å².